The third-order valence-corrected chi connectivity index (χ3v) is 2.67. The molecule has 0 aromatic carbocycles. The average molecular weight is 185 g/mol. The fourth-order valence-electron chi connectivity index (χ4n) is 1.40. The van der Waals surface area contributed by atoms with Crippen molar-refractivity contribution >= 4 is 5.91 Å². The fourth-order valence-corrected chi connectivity index (χ4v) is 1.40. The van der Waals surface area contributed by atoms with Crippen molar-refractivity contribution in [1.29, 1.82) is 0 Å². The number of rotatable bonds is 3. The monoisotopic (exact) mass is 185 g/mol. The van der Waals surface area contributed by atoms with E-state index in [1.165, 1.54) is 0 Å². The highest BCUT2D eigenvalue weighted by atomic mass is 16.2. The Hall–Kier alpha value is -0.610. The van der Waals surface area contributed by atoms with Gasteiger partial charge in [-0.05, 0) is 12.3 Å². The van der Waals surface area contributed by atoms with Crippen molar-refractivity contribution in [3.05, 3.63) is 0 Å². The lowest BCUT2D eigenvalue weighted by molar-refractivity contribution is -0.135. The predicted molar refractivity (Wildman–Crippen MR) is 51.8 cm³/mol. The molecule has 1 saturated heterocycles. The minimum atomic E-state index is -0.351. The van der Waals surface area contributed by atoms with Gasteiger partial charge in [0.2, 0.25) is 0 Å². The fraction of sp³-hybridized carbons (Fsp3) is 0.889. The summed E-state index contributed by atoms with van der Waals surface area (Å²) in [7, 11) is 0. The second-order valence-electron chi connectivity index (χ2n) is 3.66. The third-order valence-electron chi connectivity index (χ3n) is 2.67. The van der Waals surface area contributed by atoms with Crippen molar-refractivity contribution in [2.45, 2.75) is 32.7 Å². The average Bonchev–Trinajstić information content (AvgIpc) is 2.67. The van der Waals surface area contributed by atoms with E-state index in [1.54, 1.807) is 5.01 Å². The standard InChI is InChI=1S/C9H19N3O/c1-3-7(2)8(10)9(13)12-6-4-5-11-12/h7-8,11H,3-6,10H2,1-2H3/t7?,8-/m0/s1. The third kappa shape index (κ3) is 2.42. The van der Waals surface area contributed by atoms with Crippen molar-refractivity contribution in [2.75, 3.05) is 13.1 Å². The quantitative estimate of drug-likeness (QED) is 0.655. The molecule has 1 unspecified atom stereocenters. The van der Waals surface area contributed by atoms with Crippen molar-refractivity contribution in [2.24, 2.45) is 11.7 Å². The van der Waals surface area contributed by atoms with E-state index < -0.39 is 0 Å². The molecule has 0 aliphatic carbocycles. The molecule has 1 heterocycles. The molecule has 1 fully saturated rings. The smallest absolute Gasteiger partial charge is 0.253 e. The van der Waals surface area contributed by atoms with Gasteiger partial charge in [0.1, 0.15) is 0 Å². The van der Waals surface area contributed by atoms with Gasteiger partial charge in [-0.2, -0.15) is 0 Å². The van der Waals surface area contributed by atoms with Crippen LogP contribution in [0, 0.1) is 5.92 Å². The first-order chi connectivity index (χ1) is 6.16. The molecule has 0 spiro atoms. The molecule has 1 aliphatic heterocycles. The molecule has 0 radical (unpaired) electrons. The van der Waals surface area contributed by atoms with Crippen LogP contribution < -0.4 is 11.2 Å². The highest BCUT2D eigenvalue weighted by Gasteiger charge is 2.26. The van der Waals surface area contributed by atoms with Crippen LogP contribution in [-0.2, 0) is 4.79 Å². The summed E-state index contributed by atoms with van der Waals surface area (Å²) in [6, 6.07) is -0.351. The number of hydrazine groups is 1. The van der Waals surface area contributed by atoms with Crippen LogP contribution >= 0.6 is 0 Å². The van der Waals surface area contributed by atoms with Gasteiger partial charge in [0.25, 0.3) is 5.91 Å². The molecular formula is C9H19N3O. The van der Waals surface area contributed by atoms with E-state index in [1.807, 2.05) is 6.92 Å². The van der Waals surface area contributed by atoms with E-state index in [0.717, 1.165) is 25.9 Å². The lowest BCUT2D eigenvalue weighted by Crippen LogP contribution is -2.49. The summed E-state index contributed by atoms with van der Waals surface area (Å²) in [4.78, 5) is 11.7. The molecule has 2 atom stereocenters. The zero-order valence-electron chi connectivity index (χ0n) is 8.42. The SMILES string of the molecule is CCC(C)[C@H](N)C(=O)N1CCCN1. The van der Waals surface area contributed by atoms with E-state index in [4.69, 9.17) is 5.73 Å². The summed E-state index contributed by atoms with van der Waals surface area (Å²) >= 11 is 0. The van der Waals surface area contributed by atoms with Gasteiger partial charge in [0.15, 0.2) is 0 Å². The van der Waals surface area contributed by atoms with Gasteiger partial charge in [0, 0.05) is 13.1 Å². The van der Waals surface area contributed by atoms with Crippen LogP contribution in [0.4, 0.5) is 0 Å². The van der Waals surface area contributed by atoms with Gasteiger partial charge in [-0.3, -0.25) is 9.80 Å². The lowest BCUT2D eigenvalue weighted by Gasteiger charge is -2.23. The van der Waals surface area contributed by atoms with Gasteiger partial charge < -0.3 is 5.73 Å². The summed E-state index contributed by atoms with van der Waals surface area (Å²) in [5, 5.41) is 1.65. The summed E-state index contributed by atoms with van der Waals surface area (Å²) in [5.41, 5.74) is 8.84. The Morgan fingerprint density at radius 2 is 2.38 bits per heavy atom. The van der Waals surface area contributed by atoms with E-state index in [9.17, 15) is 4.79 Å². The number of carbonyl (C=O) groups is 1. The van der Waals surface area contributed by atoms with Crippen molar-refractivity contribution in [1.82, 2.24) is 10.4 Å². The largest absolute Gasteiger partial charge is 0.320 e. The highest BCUT2D eigenvalue weighted by Crippen LogP contribution is 2.09. The van der Waals surface area contributed by atoms with Gasteiger partial charge in [0.05, 0.1) is 6.04 Å². The normalized spacial score (nSPS) is 21.6. The minimum Gasteiger partial charge on any atom is -0.320 e. The molecule has 13 heavy (non-hydrogen) atoms. The number of hydrogen-bond acceptors (Lipinski definition) is 3. The van der Waals surface area contributed by atoms with E-state index >= 15 is 0 Å². The molecule has 3 N–H and O–H groups in total. The molecule has 0 aromatic rings. The minimum absolute atomic E-state index is 0.0341. The molecule has 0 aromatic heterocycles. The van der Waals surface area contributed by atoms with E-state index in [0.29, 0.717) is 0 Å². The summed E-state index contributed by atoms with van der Waals surface area (Å²) < 4.78 is 0. The second-order valence-corrected chi connectivity index (χ2v) is 3.66. The molecular weight excluding hydrogens is 166 g/mol. The first kappa shape index (κ1) is 10.5. The number of nitrogens with one attached hydrogen (secondary N) is 1. The maximum absolute atomic E-state index is 11.7. The maximum Gasteiger partial charge on any atom is 0.253 e. The van der Waals surface area contributed by atoms with Crippen LogP contribution in [0.5, 0.6) is 0 Å². The first-order valence-electron chi connectivity index (χ1n) is 4.97. The first-order valence-corrected chi connectivity index (χ1v) is 4.97. The number of hydrogen-bond donors (Lipinski definition) is 2. The Morgan fingerprint density at radius 3 is 2.85 bits per heavy atom. The van der Waals surface area contributed by atoms with Gasteiger partial charge in [-0.15, -0.1) is 0 Å². The molecule has 1 amide bonds. The molecule has 1 rings (SSSR count). The topological polar surface area (TPSA) is 58.4 Å². The van der Waals surface area contributed by atoms with Crippen LogP contribution in [0.1, 0.15) is 26.7 Å². The van der Waals surface area contributed by atoms with Crippen LogP contribution in [0.15, 0.2) is 0 Å². The Balaban J connectivity index is 2.45. The summed E-state index contributed by atoms with van der Waals surface area (Å²) in [5.74, 6) is 0.293. The van der Waals surface area contributed by atoms with Crippen molar-refractivity contribution in [3.63, 3.8) is 0 Å². The van der Waals surface area contributed by atoms with E-state index in [2.05, 4.69) is 12.3 Å². The molecule has 76 valence electrons. The zero-order chi connectivity index (χ0) is 9.84. The molecule has 0 saturated carbocycles. The van der Waals surface area contributed by atoms with Crippen LogP contribution in [0.3, 0.4) is 0 Å². The Labute approximate surface area is 79.4 Å². The Morgan fingerprint density at radius 1 is 1.69 bits per heavy atom. The van der Waals surface area contributed by atoms with Crippen LogP contribution in [-0.4, -0.2) is 30.0 Å². The number of nitrogens with two attached hydrogens (primary N) is 1. The van der Waals surface area contributed by atoms with Crippen molar-refractivity contribution < 1.29 is 4.79 Å². The molecule has 1 aliphatic rings. The van der Waals surface area contributed by atoms with Gasteiger partial charge >= 0.3 is 0 Å². The number of carbonyl (C=O) groups excluding carboxylic acids is 1. The van der Waals surface area contributed by atoms with Gasteiger partial charge in [-0.25, -0.2) is 5.43 Å². The summed E-state index contributed by atoms with van der Waals surface area (Å²) in [6.07, 6.45) is 1.97. The van der Waals surface area contributed by atoms with E-state index in [-0.39, 0.29) is 17.9 Å². The van der Waals surface area contributed by atoms with Crippen LogP contribution in [0.25, 0.3) is 0 Å². The molecule has 4 nitrogen and oxygen atoms in total. The number of nitrogens with zero attached hydrogens (tertiary/aromatic N) is 1. The molecule has 4 heteroatoms. The second kappa shape index (κ2) is 4.58. The molecule has 0 bridgehead atoms. The van der Waals surface area contributed by atoms with Gasteiger partial charge in [-0.1, -0.05) is 20.3 Å². The van der Waals surface area contributed by atoms with Crippen molar-refractivity contribution in [3.8, 4) is 0 Å². The summed E-state index contributed by atoms with van der Waals surface area (Å²) in [6.45, 7) is 5.75. The van der Waals surface area contributed by atoms with Crippen LogP contribution in [0.2, 0.25) is 0 Å². The predicted octanol–water partition coefficient (Wildman–Crippen LogP) is 0.0967. The zero-order valence-corrected chi connectivity index (χ0v) is 8.42. The maximum atomic E-state index is 11.7. The lowest BCUT2D eigenvalue weighted by atomic mass is 9.99. The Kier molecular flexibility index (Phi) is 3.69. The highest BCUT2D eigenvalue weighted by molar-refractivity contribution is 5.81. The Bertz CT molecular complexity index is 178. The number of amides is 1.